The molecule has 1 saturated carbocycles. The fourth-order valence-corrected chi connectivity index (χ4v) is 3.13. The van der Waals surface area contributed by atoms with E-state index < -0.39 is 0 Å². The molecule has 0 saturated heterocycles. The highest BCUT2D eigenvalue weighted by atomic mass is 15.2. The van der Waals surface area contributed by atoms with Crippen LogP contribution < -0.4 is 10.2 Å². The number of aromatic nitrogens is 1. The lowest BCUT2D eigenvalue weighted by Gasteiger charge is -2.32. The van der Waals surface area contributed by atoms with Gasteiger partial charge in [0.1, 0.15) is 0 Å². The quantitative estimate of drug-likeness (QED) is 0.784. The van der Waals surface area contributed by atoms with Gasteiger partial charge in [0.25, 0.3) is 0 Å². The van der Waals surface area contributed by atoms with Gasteiger partial charge in [-0.3, -0.25) is 4.98 Å². The Hall–Kier alpha value is -1.09. The van der Waals surface area contributed by atoms with E-state index in [4.69, 9.17) is 0 Å². The lowest BCUT2D eigenvalue weighted by molar-refractivity contribution is 0.528. The average Bonchev–Trinajstić information content (AvgIpc) is 2.99. The van der Waals surface area contributed by atoms with Gasteiger partial charge in [0, 0.05) is 31.0 Å². The molecule has 0 radical (unpaired) electrons. The van der Waals surface area contributed by atoms with Gasteiger partial charge < -0.3 is 10.2 Å². The minimum Gasteiger partial charge on any atom is -0.368 e. The number of hydrogen-bond acceptors (Lipinski definition) is 3. The van der Waals surface area contributed by atoms with Crippen molar-refractivity contribution in [3.8, 4) is 0 Å². The number of pyridine rings is 1. The molecule has 1 aromatic heterocycles. The Morgan fingerprint density at radius 3 is 2.76 bits per heavy atom. The van der Waals surface area contributed by atoms with E-state index in [-0.39, 0.29) is 0 Å². The van der Waals surface area contributed by atoms with E-state index in [1.165, 1.54) is 44.3 Å². The van der Waals surface area contributed by atoms with Crippen LogP contribution in [-0.2, 0) is 6.54 Å². The molecule has 1 fully saturated rings. The summed E-state index contributed by atoms with van der Waals surface area (Å²) in [5.41, 5.74) is 2.52. The van der Waals surface area contributed by atoms with Crippen LogP contribution in [0.15, 0.2) is 18.3 Å². The second-order valence-electron chi connectivity index (χ2n) is 6.60. The molecule has 0 aromatic carbocycles. The molecule has 21 heavy (non-hydrogen) atoms. The predicted octanol–water partition coefficient (Wildman–Crippen LogP) is 3.99. The molecule has 1 N–H and O–H groups in total. The number of hydrogen-bond donors (Lipinski definition) is 1. The normalized spacial score (nSPS) is 15.8. The van der Waals surface area contributed by atoms with Gasteiger partial charge >= 0.3 is 0 Å². The summed E-state index contributed by atoms with van der Waals surface area (Å²) < 4.78 is 0. The Balaban J connectivity index is 2.10. The minimum atomic E-state index is 0.734. The highest BCUT2D eigenvalue weighted by molar-refractivity contribution is 5.47. The molecule has 2 rings (SSSR count). The first kappa shape index (κ1) is 16.3. The van der Waals surface area contributed by atoms with Crippen molar-refractivity contribution in [1.29, 1.82) is 0 Å². The van der Waals surface area contributed by atoms with Gasteiger partial charge in [-0.15, -0.1) is 0 Å². The average molecular weight is 289 g/mol. The van der Waals surface area contributed by atoms with Crippen molar-refractivity contribution in [2.24, 2.45) is 5.92 Å². The third-order valence-corrected chi connectivity index (χ3v) is 4.40. The van der Waals surface area contributed by atoms with E-state index in [1.807, 2.05) is 6.20 Å². The smallest absolute Gasteiger partial charge is 0.0562 e. The minimum absolute atomic E-state index is 0.734. The summed E-state index contributed by atoms with van der Waals surface area (Å²) in [7, 11) is 0. The van der Waals surface area contributed by atoms with Gasteiger partial charge in [-0.05, 0) is 43.9 Å². The molecule has 1 heterocycles. The summed E-state index contributed by atoms with van der Waals surface area (Å²) in [5, 5.41) is 3.37. The molecule has 0 bridgehead atoms. The fourth-order valence-electron chi connectivity index (χ4n) is 3.13. The summed E-state index contributed by atoms with van der Waals surface area (Å²) in [5.74, 6) is 0.761. The van der Waals surface area contributed by atoms with Crippen molar-refractivity contribution >= 4 is 5.69 Å². The molecule has 1 aliphatic rings. The van der Waals surface area contributed by atoms with Crippen molar-refractivity contribution in [3.63, 3.8) is 0 Å². The van der Waals surface area contributed by atoms with E-state index >= 15 is 0 Å². The number of anilines is 1. The highest BCUT2D eigenvalue weighted by Gasteiger charge is 2.23. The van der Waals surface area contributed by atoms with Crippen LogP contribution >= 0.6 is 0 Å². The third-order valence-electron chi connectivity index (χ3n) is 4.40. The van der Waals surface area contributed by atoms with Crippen molar-refractivity contribution in [2.75, 3.05) is 18.0 Å². The monoisotopic (exact) mass is 289 g/mol. The molecule has 118 valence electrons. The highest BCUT2D eigenvalue weighted by Crippen LogP contribution is 2.29. The van der Waals surface area contributed by atoms with Crippen LogP contribution in [0.3, 0.4) is 0 Å². The van der Waals surface area contributed by atoms with Crippen LogP contribution in [0.2, 0.25) is 0 Å². The number of rotatable bonds is 8. The molecule has 1 aliphatic carbocycles. The van der Waals surface area contributed by atoms with E-state index in [0.29, 0.717) is 0 Å². The lowest BCUT2D eigenvalue weighted by Crippen LogP contribution is -2.35. The number of nitrogens with one attached hydrogen (secondary N) is 1. The van der Waals surface area contributed by atoms with E-state index in [2.05, 4.69) is 48.1 Å². The molecular weight excluding hydrogens is 258 g/mol. The summed E-state index contributed by atoms with van der Waals surface area (Å²) >= 11 is 0. The molecule has 0 amide bonds. The van der Waals surface area contributed by atoms with Crippen LogP contribution in [0, 0.1) is 5.92 Å². The maximum atomic E-state index is 4.49. The standard InChI is InChI=1S/C18H31N3/c1-4-19-14-16-13-18(9-11-20-16)21(12-10-15(2)3)17-7-5-6-8-17/h9,11,13,15,17,19H,4-8,10,12,14H2,1-3H3. The zero-order valence-electron chi connectivity index (χ0n) is 13.9. The summed E-state index contributed by atoms with van der Waals surface area (Å²) in [6, 6.07) is 5.20. The summed E-state index contributed by atoms with van der Waals surface area (Å²) in [4.78, 5) is 7.13. The Labute approximate surface area is 130 Å². The van der Waals surface area contributed by atoms with Crippen molar-refractivity contribution < 1.29 is 0 Å². The Kier molecular flexibility index (Phi) is 6.50. The van der Waals surface area contributed by atoms with Crippen LogP contribution in [-0.4, -0.2) is 24.1 Å². The first-order valence-corrected chi connectivity index (χ1v) is 8.63. The molecule has 0 spiro atoms. The zero-order valence-corrected chi connectivity index (χ0v) is 13.9. The van der Waals surface area contributed by atoms with Gasteiger partial charge in [-0.25, -0.2) is 0 Å². The first-order chi connectivity index (χ1) is 10.2. The summed E-state index contributed by atoms with van der Waals surface area (Å²) in [6.07, 6.45) is 8.71. The molecule has 3 heteroatoms. The molecule has 0 atom stereocenters. The SMILES string of the molecule is CCNCc1cc(N(CCC(C)C)C2CCCC2)ccn1. The van der Waals surface area contributed by atoms with Gasteiger partial charge in [0.15, 0.2) is 0 Å². The first-order valence-electron chi connectivity index (χ1n) is 8.63. The van der Waals surface area contributed by atoms with Gasteiger partial charge in [0.05, 0.1) is 5.69 Å². The van der Waals surface area contributed by atoms with Gasteiger partial charge in [-0.2, -0.15) is 0 Å². The molecule has 0 unspecified atom stereocenters. The van der Waals surface area contributed by atoms with Crippen LogP contribution in [0.1, 0.15) is 58.6 Å². The van der Waals surface area contributed by atoms with E-state index in [1.54, 1.807) is 0 Å². The fraction of sp³-hybridized carbons (Fsp3) is 0.722. The molecule has 1 aromatic rings. The van der Waals surface area contributed by atoms with E-state index in [0.717, 1.165) is 30.7 Å². The van der Waals surface area contributed by atoms with Gasteiger partial charge in [0.2, 0.25) is 0 Å². The van der Waals surface area contributed by atoms with Crippen molar-refractivity contribution in [2.45, 2.75) is 65.5 Å². The van der Waals surface area contributed by atoms with Crippen molar-refractivity contribution in [3.05, 3.63) is 24.0 Å². The summed E-state index contributed by atoms with van der Waals surface area (Å²) in [6.45, 7) is 9.80. The topological polar surface area (TPSA) is 28.2 Å². The maximum absolute atomic E-state index is 4.49. The lowest BCUT2D eigenvalue weighted by atomic mass is 10.1. The molecule has 0 aliphatic heterocycles. The third kappa shape index (κ3) is 4.99. The second-order valence-corrected chi connectivity index (χ2v) is 6.60. The number of nitrogens with zero attached hydrogens (tertiary/aromatic N) is 2. The molecule has 3 nitrogen and oxygen atoms in total. The van der Waals surface area contributed by atoms with Gasteiger partial charge in [-0.1, -0.05) is 33.6 Å². The maximum Gasteiger partial charge on any atom is 0.0562 e. The Morgan fingerprint density at radius 1 is 1.33 bits per heavy atom. The van der Waals surface area contributed by atoms with Crippen LogP contribution in [0.4, 0.5) is 5.69 Å². The van der Waals surface area contributed by atoms with E-state index in [9.17, 15) is 0 Å². The van der Waals surface area contributed by atoms with Crippen molar-refractivity contribution in [1.82, 2.24) is 10.3 Å². The van der Waals surface area contributed by atoms with Crippen LogP contribution in [0.25, 0.3) is 0 Å². The largest absolute Gasteiger partial charge is 0.368 e. The van der Waals surface area contributed by atoms with Crippen LogP contribution in [0.5, 0.6) is 0 Å². The predicted molar refractivity (Wildman–Crippen MR) is 90.7 cm³/mol. The Bertz CT molecular complexity index is 411. The zero-order chi connectivity index (χ0) is 15.1. The Morgan fingerprint density at radius 2 is 2.10 bits per heavy atom. The molecular formula is C18H31N3. The second kappa shape index (κ2) is 8.38.